The Bertz CT molecular complexity index is 787. The number of carbonyl (C=O) groups excluding carboxylic acids is 1. The van der Waals surface area contributed by atoms with Gasteiger partial charge in [0.05, 0.1) is 12.5 Å². The summed E-state index contributed by atoms with van der Waals surface area (Å²) < 4.78 is 0. The standard InChI is InChI=1S/C16H35N.C16H16O2/c1-2-3-4-5-6-7-8-9-10-11-12-13-14-15-16-17;1-11-8-9-14(16(17)18)12(2)15(11)10-13-6-4-3-5-7-13/h2-17H2,1H3;3-9H,10H2,1-2H3,(H,17,18). The van der Waals surface area contributed by atoms with Crippen LogP contribution < -0.4 is 10.8 Å². The van der Waals surface area contributed by atoms with Crippen molar-refractivity contribution in [1.82, 2.24) is 0 Å². The Morgan fingerprint density at radius 1 is 0.714 bits per heavy atom. The second-order valence-electron chi connectivity index (χ2n) is 9.93. The van der Waals surface area contributed by atoms with E-state index in [4.69, 9.17) is 0 Å². The molecule has 0 fully saturated rings. The molecule has 2 rings (SSSR count). The average molecular weight is 482 g/mol. The molecule has 2 aromatic rings. The summed E-state index contributed by atoms with van der Waals surface area (Å²) >= 11 is 0. The molecule has 0 aliphatic carbocycles. The topological polar surface area (TPSA) is 67.8 Å². The van der Waals surface area contributed by atoms with Crippen LogP contribution in [0.15, 0.2) is 42.5 Å². The molecule has 0 saturated carbocycles. The van der Waals surface area contributed by atoms with E-state index < -0.39 is 5.97 Å². The van der Waals surface area contributed by atoms with Crippen LogP contribution in [0.2, 0.25) is 0 Å². The highest BCUT2D eigenvalue weighted by atomic mass is 16.4. The maximum atomic E-state index is 11.0. The summed E-state index contributed by atoms with van der Waals surface area (Å²) in [7, 11) is 0. The molecule has 0 bridgehead atoms. The van der Waals surface area contributed by atoms with E-state index in [0.717, 1.165) is 29.7 Å². The van der Waals surface area contributed by atoms with E-state index in [-0.39, 0.29) is 5.56 Å². The predicted molar refractivity (Wildman–Crippen MR) is 148 cm³/mol. The molecular weight excluding hydrogens is 430 g/mol. The highest BCUT2D eigenvalue weighted by Gasteiger charge is 2.08. The minimum absolute atomic E-state index is 0.284. The summed E-state index contributed by atoms with van der Waals surface area (Å²) in [5.74, 6) is -1.11. The van der Waals surface area contributed by atoms with Crippen LogP contribution in [0.5, 0.6) is 0 Å². The van der Waals surface area contributed by atoms with Gasteiger partial charge in [-0.3, -0.25) is 0 Å². The molecule has 0 atom stereocenters. The number of carboxylic acids is 1. The molecule has 0 aliphatic heterocycles. The van der Waals surface area contributed by atoms with Crippen LogP contribution in [-0.4, -0.2) is 12.5 Å². The lowest BCUT2D eigenvalue weighted by Crippen LogP contribution is -2.50. The summed E-state index contributed by atoms with van der Waals surface area (Å²) in [5.41, 5.74) is 8.33. The maximum Gasteiger partial charge on any atom is 0.0739 e. The van der Waals surface area contributed by atoms with Crippen LogP contribution in [0.25, 0.3) is 0 Å². The fourth-order valence-electron chi connectivity index (χ4n) is 4.56. The Morgan fingerprint density at radius 3 is 1.66 bits per heavy atom. The summed E-state index contributed by atoms with van der Waals surface area (Å²) in [4.78, 5) is 11.0. The first-order valence-corrected chi connectivity index (χ1v) is 14.1. The lowest BCUT2D eigenvalue weighted by Gasteiger charge is -2.15. The monoisotopic (exact) mass is 481 g/mol. The van der Waals surface area contributed by atoms with Gasteiger partial charge in [0, 0.05) is 5.56 Å². The SMILES string of the molecule is CCCCCCCCCCCCCCCC[NH3+].Cc1ccc(C(=O)[O-])c(C)c1Cc1ccccc1. The third kappa shape index (κ3) is 14.1. The summed E-state index contributed by atoms with van der Waals surface area (Å²) in [6.07, 6.45) is 21.0. The molecule has 2 aromatic carbocycles. The third-order valence-electron chi connectivity index (χ3n) is 6.88. The second kappa shape index (κ2) is 20.1. The Labute approximate surface area is 215 Å². The molecule has 0 spiro atoms. The Hall–Kier alpha value is -2.13. The van der Waals surface area contributed by atoms with Gasteiger partial charge < -0.3 is 15.6 Å². The molecule has 3 nitrogen and oxygen atoms in total. The zero-order valence-corrected chi connectivity index (χ0v) is 22.9. The van der Waals surface area contributed by atoms with E-state index in [2.05, 4.69) is 12.7 Å². The fourth-order valence-corrected chi connectivity index (χ4v) is 4.56. The molecule has 0 radical (unpaired) electrons. The lowest BCUT2D eigenvalue weighted by molar-refractivity contribution is -0.368. The molecule has 0 saturated heterocycles. The van der Waals surface area contributed by atoms with Gasteiger partial charge in [0.25, 0.3) is 0 Å². The first-order chi connectivity index (χ1) is 17.0. The Morgan fingerprint density at radius 2 is 1.20 bits per heavy atom. The molecule has 196 valence electrons. The predicted octanol–water partition coefficient (Wildman–Crippen LogP) is 6.97. The number of aromatic carboxylic acids is 1. The van der Waals surface area contributed by atoms with Gasteiger partial charge in [0.15, 0.2) is 0 Å². The van der Waals surface area contributed by atoms with Crippen LogP contribution in [0, 0.1) is 13.8 Å². The molecule has 0 aliphatic rings. The number of rotatable bonds is 17. The van der Waals surface area contributed by atoms with Gasteiger partial charge in [-0.15, -0.1) is 0 Å². The van der Waals surface area contributed by atoms with Crippen molar-refractivity contribution in [2.75, 3.05) is 6.54 Å². The van der Waals surface area contributed by atoms with Gasteiger partial charge >= 0.3 is 0 Å². The first-order valence-electron chi connectivity index (χ1n) is 14.1. The first kappa shape index (κ1) is 30.9. The molecule has 0 amide bonds. The zero-order valence-electron chi connectivity index (χ0n) is 22.9. The smallest absolute Gasteiger partial charge is 0.0739 e. The van der Waals surface area contributed by atoms with Crippen LogP contribution in [0.3, 0.4) is 0 Å². The van der Waals surface area contributed by atoms with Gasteiger partial charge in [-0.1, -0.05) is 126 Å². The molecule has 3 heteroatoms. The van der Waals surface area contributed by atoms with E-state index in [9.17, 15) is 9.90 Å². The molecule has 0 heterocycles. The minimum atomic E-state index is -1.11. The van der Waals surface area contributed by atoms with E-state index in [1.54, 1.807) is 6.07 Å². The Balaban J connectivity index is 0.000000351. The number of carbonyl (C=O) groups is 1. The van der Waals surface area contributed by atoms with Crippen molar-refractivity contribution in [3.63, 3.8) is 0 Å². The highest BCUT2D eigenvalue weighted by molar-refractivity contribution is 5.88. The summed E-state index contributed by atoms with van der Waals surface area (Å²) in [6.45, 7) is 7.26. The fraction of sp³-hybridized carbons (Fsp3) is 0.594. The van der Waals surface area contributed by atoms with Crippen molar-refractivity contribution in [3.05, 3.63) is 70.3 Å². The zero-order chi connectivity index (χ0) is 25.7. The number of benzene rings is 2. The van der Waals surface area contributed by atoms with Crippen molar-refractivity contribution in [3.8, 4) is 0 Å². The van der Waals surface area contributed by atoms with Crippen LogP contribution >= 0.6 is 0 Å². The third-order valence-corrected chi connectivity index (χ3v) is 6.88. The van der Waals surface area contributed by atoms with Crippen molar-refractivity contribution in [2.45, 2.75) is 117 Å². The van der Waals surface area contributed by atoms with Gasteiger partial charge in [0.2, 0.25) is 0 Å². The number of hydrogen-bond donors (Lipinski definition) is 1. The summed E-state index contributed by atoms with van der Waals surface area (Å²) in [5, 5.41) is 11.0. The highest BCUT2D eigenvalue weighted by Crippen LogP contribution is 2.21. The number of unbranched alkanes of at least 4 members (excludes halogenated alkanes) is 13. The van der Waals surface area contributed by atoms with Gasteiger partial charge in [-0.2, -0.15) is 0 Å². The quantitative estimate of drug-likeness (QED) is 0.248. The van der Waals surface area contributed by atoms with E-state index in [0.29, 0.717) is 0 Å². The molecule has 3 N–H and O–H groups in total. The molecular formula is C32H51NO2. The van der Waals surface area contributed by atoms with E-state index in [1.807, 2.05) is 50.2 Å². The number of quaternary nitrogens is 1. The van der Waals surface area contributed by atoms with Crippen molar-refractivity contribution in [2.24, 2.45) is 0 Å². The molecule has 0 unspecified atom stereocenters. The number of hydrogen-bond acceptors (Lipinski definition) is 2. The van der Waals surface area contributed by atoms with Gasteiger partial charge in [-0.25, -0.2) is 0 Å². The Kier molecular flexibility index (Phi) is 17.7. The lowest BCUT2D eigenvalue weighted by atomic mass is 9.93. The van der Waals surface area contributed by atoms with E-state index in [1.165, 1.54) is 95.5 Å². The van der Waals surface area contributed by atoms with Gasteiger partial charge in [-0.05, 0) is 55.4 Å². The number of carboxylic acid groups (broad SMARTS) is 1. The van der Waals surface area contributed by atoms with Crippen LogP contribution in [0.1, 0.15) is 129 Å². The van der Waals surface area contributed by atoms with Crippen molar-refractivity contribution in [1.29, 1.82) is 0 Å². The van der Waals surface area contributed by atoms with Crippen molar-refractivity contribution < 1.29 is 15.6 Å². The second-order valence-corrected chi connectivity index (χ2v) is 9.93. The van der Waals surface area contributed by atoms with E-state index >= 15 is 0 Å². The summed E-state index contributed by atoms with van der Waals surface area (Å²) in [6, 6.07) is 13.5. The molecule has 35 heavy (non-hydrogen) atoms. The molecule has 0 aromatic heterocycles. The normalized spacial score (nSPS) is 10.6. The average Bonchev–Trinajstić information content (AvgIpc) is 2.85. The maximum absolute atomic E-state index is 11.0. The van der Waals surface area contributed by atoms with Crippen LogP contribution in [-0.2, 0) is 6.42 Å². The van der Waals surface area contributed by atoms with Crippen molar-refractivity contribution >= 4 is 5.97 Å². The van der Waals surface area contributed by atoms with Gasteiger partial charge in [0.1, 0.15) is 0 Å². The number of aryl methyl sites for hydroxylation is 1. The largest absolute Gasteiger partial charge is 0.545 e. The van der Waals surface area contributed by atoms with Crippen LogP contribution in [0.4, 0.5) is 0 Å². The minimum Gasteiger partial charge on any atom is -0.545 e.